The van der Waals surface area contributed by atoms with Crippen LogP contribution in [0.25, 0.3) is 17.2 Å². The van der Waals surface area contributed by atoms with Crippen molar-refractivity contribution in [3.8, 4) is 11.1 Å². The molecule has 2 rings (SSSR count). The van der Waals surface area contributed by atoms with Crippen molar-refractivity contribution in [3.63, 3.8) is 0 Å². The molecule has 0 aliphatic heterocycles. The van der Waals surface area contributed by atoms with Crippen molar-refractivity contribution in [2.45, 2.75) is 65.9 Å². The third-order valence-electron chi connectivity index (χ3n) is 4.45. The topological polar surface area (TPSA) is 33.1 Å². The van der Waals surface area contributed by atoms with Gasteiger partial charge in [-0.1, -0.05) is 83.5 Å². The van der Waals surface area contributed by atoms with Crippen LogP contribution in [0, 0.1) is 0 Å². The Labute approximate surface area is 152 Å². The predicted octanol–water partition coefficient (Wildman–Crippen LogP) is 6.30. The second-order valence-corrected chi connectivity index (χ2v) is 7.17. The number of aliphatic hydroxyl groups excluding tert-OH is 1. The van der Waals surface area contributed by atoms with E-state index in [4.69, 9.17) is 4.98 Å². The van der Waals surface area contributed by atoms with Crippen LogP contribution in [-0.4, -0.2) is 10.1 Å². The van der Waals surface area contributed by atoms with E-state index in [1.807, 2.05) is 6.07 Å². The van der Waals surface area contributed by atoms with E-state index in [1.165, 1.54) is 0 Å². The summed E-state index contributed by atoms with van der Waals surface area (Å²) in [5, 5.41) is 10.2. The zero-order valence-electron chi connectivity index (χ0n) is 16.2. The lowest BCUT2D eigenvalue weighted by Gasteiger charge is -2.22. The minimum absolute atomic E-state index is 0.0116. The number of pyridine rings is 1. The van der Waals surface area contributed by atoms with Crippen LogP contribution < -0.4 is 0 Å². The molecule has 0 saturated carbocycles. The first-order valence-corrected chi connectivity index (χ1v) is 9.40. The van der Waals surface area contributed by atoms with Gasteiger partial charge < -0.3 is 5.11 Å². The van der Waals surface area contributed by atoms with Gasteiger partial charge in [0.25, 0.3) is 0 Å². The SMILES string of the molecule is CCC/C=C/c1c(C(C)C)nc(C(C)C)c(CO)c1-c1ccccc1. The fourth-order valence-corrected chi connectivity index (χ4v) is 3.23. The highest BCUT2D eigenvalue weighted by Crippen LogP contribution is 2.37. The fraction of sp³-hybridized carbons (Fsp3) is 0.435. The summed E-state index contributed by atoms with van der Waals surface area (Å²) < 4.78 is 0. The zero-order valence-corrected chi connectivity index (χ0v) is 16.2. The number of benzene rings is 1. The van der Waals surface area contributed by atoms with E-state index in [9.17, 15) is 5.11 Å². The van der Waals surface area contributed by atoms with Crippen molar-refractivity contribution < 1.29 is 5.11 Å². The van der Waals surface area contributed by atoms with Crippen LogP contribution in [0.3, 0.4) is 0 Å². The summed E-state index contributed by atoms with van der Waals surface area (Å²) in [5.41, 5.74) is 6.53. The van der Waals surface area contributed by atoms with Crippen molar-refractivity contribution in [1.29, 1.82) is 0 Å². The summed E-state index contributed by atoms with van der Waals surface area (Å²) in [6.45, 7) is 10.9. The number of aromatic nitrogens is 1. The Morgan fingerprint density at radius 3 is 2.16 bits per heavy atom. The zero-order chi connectivity index (χ0) is 18.4. The monoisotopic (exact) mass is 337 g/mol. The summed E-state index contributed by atoms with van der Waals surface area (Å²) in [6.07, 6.45) is 6.60. The highest BCUT2D eigenvalue weighted by Gasteiger charge is 2.21. The van der Waals surface area contributed by atoms with Crippen molar-refractivity contribution in [2.24, 2.45) is 0 Å². The molecule has 134 valence electrons. The van der Waals surface area contributed by atoms with Crippen LogP contribution in [-0.2, 0) is 6.61 Å². The Bertz CT molecular complexity index is 715. The lowest BCUT2D eigenvalue weighted by atomic mass is 9.87. The summed E-state index contributed by atoms with van der Waals surface area (Å²) in [4.78, 5) is 5.00. The molecule has 0 bridgehead atoms. The maximum atomic E-state index is 10.2. The van der Waals surface area contributed by atoms with E-state index < -0.39 is 0 Å². The fourth-order valence-electron chi connectivity index (χ4n) is 3.23. The molecule has 0 unspecified atom stereocenters. The van der Waals surface area contributed by atoms with Gasteiger partial charge in [-0.2, -0.15) is 0 Å². The summed E-state index contributed by atoms with van der Waals surface area (Å²) in [7, 11) is 0. The second kappa shape index (κ2) is 8.96. The molecule has 0 aliphatic rings. The van der Waals surface area contributed by atoms with Crippen molar-refractivity contribution in [1.82, 2.24) is 4.98 Å². The summed E-state index contributed by atoms with van der Waals surface area (Å²) in [5.74, 6) is 0.602. The van der Waals surface area contributed by atoms with E-state index >= 15 is 0 Å². The number of hydrogen-bond donors (Lipinski definition) is 1. The molecule has 0 spiro atoms. The molecule has 1 N–H and O–H groups in total. The maximum Gasteiger partial charge on any atom is 0.0706 e. The third kappa shape index (κ3) is 4.38. The Hall–Kier alpha value is -1.93. The Balaban J connectivity index is 2.85. The van der Waals surface area contributed by atoms with Gasteiger partial charge in [0.05, 0.1) is 12.3 Å². The number of nitrogens with zero attached hydrogens (tertiary/aromatic N) is 1. The minimum Gasteiger partial charge on any atom is -0.392 e. The van der Waals surface area contributed by atoms with Crippen molar-refractivity contribution >= 4 is 6.08 Å². The molecule has 0 saturated heterocycles. The number of aliphatic hydroxyl groups is 1. The van der Waals surface area contributed by atoms with Crippen LogP contribution in [0.2, 0.25) is 0 Å². The average Bonchev–Trinajstić information content (AvgIpc) is 2.61. The Kier molecular flexibility index (Phi) is 6.95. The molecule has 0 fully saturated rings. The average molecular weight is 338 g/mol. The van der Waals surface area contributed by atoms with Crippen LogP contribution in [0.4, 0.5) is 0 Å². The van der Waals surface area contributed by atoms with Gasteiger partial charge >= 0.3 is 0 Å². The number of unbranched alkanes of at least 4 members (excludes halogenated alkanes) is 1. The van der Waals surface area contributed by atoms with E-state index in [2.05, 4.69) is 71.0 Å². The van der Waals surface area contributed by atoms with Crippen molar-refractivity contribution in [3.05, 3.63) is 58.9 Å². The first kappa shape index (κ1) is 19.4. The van der Waals surface area contributed by atoms with Gasteiger partial charge in [-0.05, 0) is 29.4 Å². The van der Waals surface area contributed by atoms with Crippen LogP contribution >= 0.6 is 0 Å². The summed E-state index contributed by atoms with van der Waals surface area (Å²) >= 11 is 0. The molecular formula is C23H31NO. The van der Waals surface area contributed by atoms with Gasteiger partial charge in [0.1, 0.15) is 0 Å². The lowest BCUT2D eigenvalue weighted by molar-refractivity contribution is 0.280. The molecule has 25 heavy (non-hydrogen) atoms. The van der Waals surface area contributed by atoms with Gasteiger partial charge in [-0.3, -0.25) is 4.98 Å². The molecule has 2 aromatic rings. The predicted molar refractivity (Wildman–Crippen MR) is 108 cm³/mol. The number of allylic oxidation sites excluding steroid dienone is 1. The van der Waals surface area contributed by atoms with Gasteiger partial charge in [0, 0.05) is 16.8 Å². The first-order valence-electron chi connectivity index (χ1n) is 9.40. The standard InChI is InChI=1S/C23H31NO/c1-6-7-9-14-19-21(18-12-10-8-11-13-18)20(15-25)23(17(4)5)24-22(19)16(2)3/h8-14,16-17,25H,6-7,15H2,1-5H3/b14-9+. The molecule has 0 aliphatic carbocycles. The Morgan fingerprint density at radius 1 is 1.00 bits per heavy atom. The molecule has 2 nitrogen and oxygen atoms in total. The molecule has 0 radical (unpaired) electrons. The first-order chi connectivity index (χ1) is 12.0. The molecule has 1 aromatic heterocycles. The normalized spacial score (nSPS) is 11.8. The number of hydrogen-bond acceptors (Lipinski definition) is 2. The van der Waals surface area contributed by atoms with Gasteiger partial charge in [-0.15, -0.1) is 0 Å². The smallest absolute Gasteiger partial charge is 0.0706 e. The molecule has 0 amide bonds. The minimum atomic E-state index is 0.0116. The molecule has 1 heterocycles. The largest absolute Gasteiger partial charge is 0.392 e. The lowest BCUT2D eigenvalue weighted by Crippen LogP contribution is -2.10. The van der Waals surface area contributed by atoms with Crippen LogP contribution in [0.5, 0.6) is 0 Å². The third-order valence-corrected chi connectivity index (χ3v) is 4.45. The quantitative estimate of drug-likeness (QED) is 0.643. The maximum absolute atomic E-state index is 10.2. The Morgan fingerprint density at radius 2 is 1.64 bits per heavy atom. The van der Waals surface area contributed by atoms with Crippen LogP contribution in [0.15, 0.2) is 36.4 Å². The second-order valence-electron chi connectivity index (χ2n) is 7.17. The van der Waals surface area contributed by atoms with Crippen molar-refractivity contribution in [2.75, 3.05) is 0 Å². The number of rotatable bonds is 7. The van der Waals surface area contributed by atoms with E-state index in [0.717, 1.165) is 46.5 Å². The molecular weight excluding hydrogens is 306 g/mol. The van der Waals surface area contributed by atoms with Gasteiger partial charge in [0.2, 0.25) is 0 Å². The molecule has 0 atom stereocenters. The van der Waals surface area contributed by atoms with Gasteiger partial charge in [-0.25, -0.2) is 0 Å². The molecule has 1 aromatic carbocycles. The van der Waals surface area contributed by atoms with Gasteiger partial charge in [0.15, 0.2) is 0 Å². The van der Waals surface area contributed by atoms with E-state index in [-0.39, 0.29) is 12.5 Å². The van der Waals surface area contributed by atoms with Crippen LogP contribution in [0.1, 0.15) is 81.8 Å². The summed E-state index contributed by atoms with van der Waals surface area (Å²) in [6, 6.07) is 10.4. The van der Waals surface area contributed by atoms with E-state index in [1.54, 1.807) is 0 Å². The highest BCUT2D eigenvalue weighted by molar-refractivity contribution is 5.80. The molecule has 2 heteroatoms. The highest BCUT2D eigenvalue weighted by atomic mass is 16.3. The van der Waals surface area contributed by atoms with E-state index in [0.29, 0.717) is 5.92 Å².